The van der Waals surface area contributed by atoms with E-state index in [0.29, 0.717) is 28.0 Å². The average molecular weight is 489 g/mol. The highest BCUT2D eigenvalue weighted by Gasteiger charge is 2.32. The molecule has 7 nitrogen and oxygen atoms in total. The van der Waals surface area contributed by atoms with E-state index in [0.717, 1.165) is 0 Å². The largest absolute Gasteiger partial charge is 0.347 e. The molecule has 0 aliphatic carbocycles. The number of halogens is 2. The van der Waals surface area contributed by atoms with Crippen LogP contribution in [-0.2, 0) is 4.79 Å². The lowest BCUT2D eigenvalue weighted by Crippen LogP contribution is -2.40. The third-order valence-corrected chi connectivity index (χ3v) is 6.73. The molecule has 10 heteroatoms. The smallest absolute Gasteiger partial charge is 0.261 e. The van der Waals surface area contributed by atoms with E-state index < -0.39 is 5.82 Å². The Morgan fingerprint density at radius 2 is 2.00 bits per heavy atom. The van der Waals surface area contributed by atoms with Gasteiger partial charge in [-0.15, -0.1) is 11.3 Å². The van der Waals surface area contributed by atoms with Crippen molar-refractivity contribution in [3.8, 4) is 5.69 Å². The summed E-state index contributed by atoms with van der Waals surface area (Å²) in [5, 5.41) is 5.58. The molecule has 0 radical (unpaired) electrons. The molecule has 172 valence electrons. The number of nitrogens with one attached hydrogen (secondary N) is 2. The Morgan fingerprint density at radius 3 is 2.70 bits per heavy atom. The van der Waals surface area contributed by atoms with E-state index in [1.165, 1.54) is 34.1 Å². The number of hydrogen-bond acceptors (Lipinski definition) is 5. The third kappa shape index (κ3) is 5.50. The molecule has 0 bridgehead atoms. The quantitative estimate of drug-likeness (QED) is 0.557. The van der Waals surface area contributed by atoms with Crippen molar-refractivity contribution < 1.29 is 14.0 Å². The molecule has 1 aliphatic rings. The zero-order chi connectivity index (χ0) is 23.5. The first-order chi connectivity index (χ1) is 15.8. The number of amides is 2. The lowest BCUT2D eigenvalue weighted by atomic mass is 10.1. The van der Waals surface area contributed by atoms with Crippen LogP contribution in [0.2, 0.25) is 4.34 Å². The maximum atomic E-state index is 14.6. The lowest BCUT2D eigenvalue weighted by molar-refractivity contribution is -0.117. The predicted octanol–water partition coefficient (Wildman–Crippen LogP) is 3.38. The third-order valence-electron chi connectivity index (χ3n) is 5.50. The van der Waals surface area contributed by atoms with Crippen molar-refractivity contribution in [3.05, 3.63) is 80.1 Å². The van der Waals surface area contributed by atoms with Gasteiger partial charge >= 0.3 is 0 Å². The van der Waals surface area contributed by atoms with Gasteiger partial charge in [0.1, 0.15) is 5.82 Å². The zero-order valence-electron chi connectivity index (χ0n) is 17.8. The number of carbonyl (C=O) groups excluding carboxylic acids is 2. The number of aromatic nitrogens is 1. The van der Waals surface area contributed by atoms with Gasteiger partial charge in [0.25, 0.3) is 11.5 Å². The molecule has 1 saturated heterocycles. The van der Waals surface area contributed by atoms with Crippen LogP contribution in [0, 0.1) is 11.7 Å². The monoisotopic (exact) mass is 488 g/mol. The summed E-state index contributed by atoms with van der Waals surface area (Å²) in [5.41, 5.74) is 0.134. The van der Waals surface area contributed by atoms with Gasteiger partial charge in [0.15, 0.2) is 0 Å². The highest BCUT2D eigenvalue weighted by Crippen LogP contribution is 2.23. The number of pyridine rings is 1. The molecule has 3 heterocycles. The molecule has 0 saturated carbocycles. The fourth-order valence-electron chi connectivity index (χ4n) is 3.85. The standard InChI is InChI=1S/C23H22ClFN4O3S/c1-14-11-28(12-18(14)27-23(32)19-7-8-20(24)33-19)13-21(30)26-17-6-5-15(10-16(17)25)29-9-3-2-4-22(29)31/h2-10,14,18H,11-13H2,1H3,(H,26,30)(H,27,32)/t14-,18-/m0/s1. The van der Waals surface area contributed by atoms with E-state index in [2.05, 4.69) is 10.6 Å². The number of thiophene rings is 1. The normalized spacial score (nSPS) is 18.3. The Kier molecular flexibility index (Phi) is 6.92. The number of carbonyl (C=O) groups is 2. The van der Waals surface area contributed by atoms with E-state index in [1.54, 1.807) is 36.5 Å². The molecular weight excluding hydrogens is 467 g/mol. The highest BCUT2D eigenvalue weighted by atomic mass is 35.5. The van der Waals surface area contributed by atoms with Crippen LogP contribution in [0.4, 0.5) is 10.1 Å². The molecule has 1 aliphatic heterocycles. The van der Waals surface area contributed by atoms with Gasteiger partial charge in [-0.1, -0.05) is 24.6 Å². The molecule has 33 heavy (non-hydrogen) atoms. The van der Waals surface area contributed by atoms with Gasteiger partial charge in [0, 0.05) is 37.5 Å². The van der Waals surface area contributed by atoms with Crippen LogP contribution in [-0.4, -0.2) is 47.0 Å². The summed E-state index contributed by atoms with van der Waals surface area (Å²) in [5.74, 6) is -1.03. The van der Waals surface area contributed by atoms with Crippen LogP contribution < -0.4 is 16.2 Å². The first-order valence-corrected chi connectivity index (χ1v) is 11.6. The fraction of sp³-hybridized carbons (Fsp3) is 0.261. The molecule has 2 atom stereocenters. The Morgan fingerprint density at radius 1 is 1.18 bits per heavy atom. The average Bonchev–Trinajstić information content (AvgIpc) is 3.35. The maximum Gasteiger partial charge on any atom is 0.261 e. The van der Waals surface area contributed by atoms with Crippen molar-refractivity contribution in [1.82, 2.24) is 14.8 Å². The number of rotatable bonds is 6. The van der Waals surface area contributed by atoms with Crippen molar-refractivity contribution in [3.63, 3.8) is 0 Å². The number of likely N-dealkylation sites (tertiary alicyclic amines) is 1. The molecule has 3 aromatic rings. The first-order valence-electron chi connectivity index (χ1n) is 10.4. The molecule has 2 N–H and O–H groups in total. The van der Waals surface area contributed by atoms with Crippen LogP contribution in [0.5, 0.6) is 0 Å². The Hall–Kier alpha value is -3.01. The number of nitrogens with zero attached hydrogens (tertiary/aromatic N) is 2. The SMILES string of the molecule is C[C@H]1CN(CC(=O)Nc2ccc(-n3ccccc3=O)cc2F)C[C@@H]1NC(=O)c1ccc(Cl)s1. The highest BCUT2D eigenvalue weighted by molar-refractivity contribution is 7.18. The summed E-state index contributed by atoms with van der Waals surface area (Å²) in [4.78, 5) is 39.3. The fourth-order valence-corrected chi connectivity index (χ4v) is 4.79. The summed E-state index contributed by atoms with van der Waals surface area (Å²) in [6, 6.07) is 12.1. The summed E-state index contributed by atoms with van der Waals surface area (Å²) >= 11 is 7.11. The predicted molar refractivity (Wildman–Crippen MR) is 127 cm³/mol. The number of benzene rings is 1. The van der Waals surface area contributed by atoms with Gasteiger partial charge in [-0.05, 0) is 36.2 Å². The molecular formula is C23H22ClFN4O3S. The van der Waals surface area contributed by atoms with Crippen molar-refractivity contribution >= 4 is 40.4 Å². The van der Waals surface area contributed by atoms with E-state index >= 15 is 0 Å². The molecule has 2 aromatic heterocycles. The molecule has 0 spiro atoms. The van der Waals surface area contributed by atoms with Gasteiger partial charge < -0.3 is 10.6 Å². The van der Waals surface area contributed by atoms with E-state index in [4.69, 9.17) is 11.6 Å². The second-order valence-electron chi connectivity index (χ2n) is 7.98. The van der Waals surface area contributed by atoms with Crippen molar-refractivity contribution in [2.75, 3.05) is 25.0 Å². The second kappa shape index (κ2) is 9.86. The second-order valence-corrected chi connectivity index (χ2v) is 9.69. The van der Waals surface area contributed by atoms with Crippen LogP contribution in [0.1, 0.15) is 16.6 Å². The van der Waals surface area contributed by atoms with Crippen LogP contribution >= 0.6 is 22.9 Å². The zero-order valence-corrected chi connectivity index (χ0v) is 19.3. The van der Waals surface area contributed by atoms with Gasteiger partial charge in [0.2, 0.25) is 5.91 Å². The van der Waals surface area contributed by atoms with E-state index in [-0.39, 0.29) is 41.6 Å². The molecule has 1 aromatic carbocycles. The summed E-state index contributed by atoms with van der Waals surface area (Å²) in [6.45, 7) is 3.22. The molecule has 4 rings (SSSR count). The van der Waals surface area contributed by atoms with Gasteiger partial charge in [-0.2, -0.15) is 0 Å². The van der Waals surface area contributed by atoms with Gasteiger partial charge in [-0.3, -0.25) is 23.9 Å². The van der Waals surface area contributed by atoms with Crippen LogP contribution in [0.3, 0.4) is 0 Å². The van der Waals surface area contributed by atoms with Crippen LogP contribution in [0.15, 0.2) is 59.5 Å². The maximum absolute atomic E-state index is 14.6. The van der Waals surface area contributed by atoms with Crippen molar-refractivity contribution in [1.29, 1.82) is 0 Å². The minimum Gasteiger partial charge on any atom is -0.347 e. The van der Waals surface area contributed by atoms with E-state index in [1.807, 2.05) is 11.8 Å². The minimum atomic E-state index is -0.633. The number of anilines is 1. The lowest BCUT2D eigenvalue weighted by Gasteiger charge is -2.17. The van der Waals surface area contributed by atoms with Crippen LogP contribution in [0.25, 0.3) is 5.69 Å². The Labute approximate surface area is 198 Å². The van der Waals surface area contributed by atoms with Crippen molar-refractivity contribution in [2.45, 2.75) is 13.0 Å². The minimum absolute atomic E-state index is 0.0411. The Balaban J connectivity index is 1.34. The first kappa shape index (κ1) is 23.2. The number of hydrogen-bond donors (Lipinski definition) is 2. The summed E-state index contributed by atoms with van der Waals surface area (Å²) in [7, 11) is 0. The Bertz CT molecular complexity index is 1240. The summed E-state index contributed by atoms with van der Waals surface area (Å²) in [6.07, 6.45) is 1.55. The van der Waals surface area contributed by atoms with Gasteiger partial charge in [0.05, 0.1) is 27.1 Å². The molecule has 0 unspecified atom stereocenters. The molecule has 2 amide bonds. The van der Waals surface area contributed by atoms with Crippen molar-refractivity contribution in [2.24, 2.45) is 5.92 Å². The topological polar surface area (TPSA) is 83.4 Å². The van der Waals surface area contributed by atoms with Gasteiger partial charge in [-0.25, -0.2) is 4.39 Å². The molecule has 1 fully saturated rings. The summed E-state index contributed by atoms with van der Waals surface area (Å²) < 4.78 is 16.4. The van der Waals surface area contributed by atoms with E-state index in [9.17, 15) is 18.8 Å².